The molecule has 3 aromatic rings. The van der Waals surface area contributed by atoms with Gasteiger partial charge in [-0.25, -0.2) is 4.98 Å². The molecule has 3 heteroatoms. The molecule has 0 radical (unpaired) electrons. The van der Waals surface area contributed by atoms with E-state index in [0.29, 0.717) is 6.42 Å². The minimum Gasteiger partial charge on any atom is -0.294 e. The number of Topliss-reactive ketones (excluding diaryl/α,β-unsaturated/α-hetero) is 1. The Morgan fingerprint density at radius 2 is 1.90 bits per heavy atom. The molecule has 2 nitrogen and oxygen atoms in total. The van der Waals surface area contributed by atoms with Gasteiger partial charge in [-0.05, 0) is 13.0 Å². The van der Waals surface area contributed by atoms with Gasteiger partial charge in [0.1, 0.15) is 5.01 Å². The van der Waals surface area contributed by atoms with Gasteiger partial charge in [-0.15, -0.1) is 11.3 Å². The van der Waals surface area contributed by atoms with Crippen LogP contribution in [0, 0.1) is 6.92 Å². The molecule has 0 saturated heterocycles. The van der Waals surface area contributed by atoms with Gasteiger partial charge in [0, 0.05) is 16.5 Å². The molecule has 1 heterocycles. The van der Waals surface area contributed by atoms with Gasteiger partial charge in [-0.2, -0.15) is 0 Å². The number of aryl methyl sites for hydroxylation is 1. The summed E-state index contributed by atoms with van der Waals surface area (Å²) in [5, 5.41) is 2.87. The molecule has 1 aromatic heterocycles. The smallest absolute Gasteiger partial charge is 0.169 e. The fourth-order valence-corrected chi connectivity index (χ4v) is 2.99. The van der Waals surface area contributed by atoms with Gasteiger partial charge >= 0.3 is 0 Å². The van der Waals surface area contributed by atoms with E-state index in [1.165, 1.54) is 11.3 Å². The summed E-state index contributed by atoms with van der Waals surface area (Å²) in [6.45, 7) is 1.99. The number of aromatic nitrogens is 1. The van der Waals surface area contributed by atoms with E-state index in [0.717, 1.165) is 27.4 Å². The van der Waals surface area contributed by atoms with Crippen LogP contribution in [0.25, 0.3) is 11.3 Å². The predicted octanol–water partition coefficient (Wildman–Crippen LogP) is 4.54. The number of rotatable bonds is 4. The second kappa shape index (κ2) is 6.02. The molecule has 0 saturated carbocycles. The van der Waals surface area contributed by atoms with E-state index in [4.69, 9.17) is 0 Å². The van der Waals surface area contributed by atoms with E-state index in [2.05, 4.69) is 4.98 Å². The lowest BCUT2D eigenvalue weighted by molar-refractivity contribution is 0.0993. The molecule has 2 aromatic carbocycles. The van der Waals surface area contributed by atoms with Gasteiger partial charge in [0.2, 0.25) is 0 Å². The van der Waals surface area contributed by atoms with Crippen LogP contribution in [-0.2, 0) is 6.42 Å². The summed E-state index contributed by atoms with van der Waals surface area (Å²) >= 11 is 1.54. The van der Waals surface area contributed by atoms with Crippen molar-refractivity contribution in [3.63, 3.8) is 0 Å². The first-order chi connectivity index (χ1) is 10.2. The molecule has 0 unspecified atom stereocenters. The summed E-state index contributed by atoms with van der Waals surface area (Å²) in [6.07, 6.45) is 0.362. The monoisotopic (exact) mass is 293 g/mol. The van der Waals surface area contributed by atoms with Crippen LogP contribution in [0.1, 0.15) is 20.9 Å². The molecule has 0 N–H and O–H groups in total. The highest BCUT2D eigenvalue weighted by Gasteiger charge is 2.11. The largest absolute Gasteiger partial charge is 0.294 e. The Morgan fingerprint density at radius 3 is 2.67 bits per heavy atom. The molecule has 0 spiro atoms. The van der Waals surface area contributed by atoms with Crippen LogP contribution in [0.15, 0.2) is 60.0 Å². The summed E-state index contributed by atoms with van der Waals surface area (Å²) in [5.74, 6) is 0.118. The second-order valence-corrected chi connectivity index (χ2v) is 5.90. The second-order valence-electron chi connectivity index (χ2n) is 4.96. The lowest BCUT2D eigenvalue weighted by Gasteiger charge is -2.00. The fraction of sp³-hybridized carbons (Fsp3) is 0.111. The summed E-state index contributed by atoms with van der Waals surface area (Å²) in [5.41, 5.74) is 3.88. The third-order valence-electron chi connectivity index (χ3n) is 3.27. The van der Waals surface area contributed by atoms with Gasteiger partial charge in [-0.3, -0.25) is 4.79 Å². The average molecular weight is 293 g/mol. The highest BCUT2D eigenvalue weighted by atomic mass is 32.1. The molecule has 0 aliphatic heterocycles. The maximum absolute atomic E-state index is 12.3. The Morgan fingerprint density at radius 1 is 1.10 bits per heavy atom. The minimum atomic E-state index is 0.118. The van der Waals surface area contributed by atoms with E-state index in [1.807, 2.05) is 66.9 Å². The van der Waals surface area contributed by atoms with Crippen molar-refractivity contribution in [3.8, 4) is 11.3 Å². The zero-order chi connectivity index (χ0) is 14.7. The minimum absolute atomic E-state index is 0.118. The zero-order valence-corrected chi connectivity index (χ0v) is 12.6. The first-order valence-corrected chi connectivity index (χ1v) is 7.70. The van der Waals surface area contributed by atoms with Gasteiger partial charge in [-0.1, -0.05) is 54.1 Å². The highest BCUT2D eigenvalue weighted by molar-refractivity contribution is 7.10. The van der Waals surface area contributed by atoms with Crippen LogP contribution in [0.2, 0.25) is 0 Å². The normalized spacial score (nSPS) is 10.5. The third-order valence-corrected chi connectivity index (χ3v) is 4.12. The molecular formula is C18H15NOS. The van der Waals surface area contributed by atoms with Crippen LogP contribution in [0.4, 0.5) is 0 Å². The van der Waals surface area contributed by atoms with Crippen molar-refractivity contribution in [1.82, 2.24) is 4.98 Å². The average Bonchev–Trinajstić information content (AvgIpc) is 2.97. The number of benzene rings is 2. The third kappa shape index (κ3) is 3.26. The van der Waals surface area contributed by atoms with E-state index >= 15 is 0 Å². The maximum Gasteiger partial charge on any atom is 0.169 e. The van der Waals surface area contributed by atoms with Crippen molar-refractivity contribution in [2.24, 2.45) is 0 Å². The Balaban J connectivity index is 1.77. The quantitative estimate of drug-likeness (QED) is 0.661. The Hall–Kier alpha value is -2.26. The van der Waals surface area contributed by atoms with E-state index in [9.17, 15) is 4.79 Å². The Bertz CT molecular complexity index is 762. The molecule has 0 aliphatic rings. The molecule has 0 fully saturated rings. The van der Waals surface area contributed by atoms with Crippen molar-refractivity contribution >= 4 is 17.1 Å². The van der Waals surface area contributed by atoms with Crippen LogP contribution in [-0.4, -0.2) is 10.8 Å². The molecule has 0 amide bonds. The molecule has 0 atom stereocenters. The molecule has 21 heavy (non-hydrogen) atoms. The zero-order valence-electron chi connectivity index (χ0n) is 11.7. The molecular weight excluding hydrogens is 278 g/mol. The summed E-state index contributed by atoms with van der Waals surface area (Å²) in [4.78, 5) is 16.8. The van der Waals surface area contributed by atoms with E-state index in [1.54, 1.807) is 0 Å². The lowest BCUT2D eigenvalue weighted by atomic mass is 10.1. The fourth-order valence-electron chi connectivity index (χ4n) is 2.19. The maximum atomic E-state index is 12.3. The van der Waals surface area contributed by atoms with Crippen molar-refractivity contribution in [3.05, 3.63) is 76.1 Å². The van der Waals surface area contributed by atoms with Gasteiger partial charge in [0.05, 0.1) is 12.1 Å². The first-order valence-electron chi connectivity index (χ1n) is 6.82. The molecule has 0 bridgehead atoms. The van der Waals surface area contributed by atoms with Crippen LogP contribution >= 0.6 is 11.3 Å². The summed E-state index contributed by atoms with van der Waals surface area (Å²) < 4.78 is 0. The highest BCUT2D eigenvalue weighted by Crippen LogP contribution is 2.22. The van der Waals surface area contributed by atoms with Gasteiger partial charge < -0.3 is 0 Å². The van der Waals surface area contributed by atoms with Crippen LogP contribution in [0.3, 0.4) is 0 Å². The summed E-state index contributed by atoms with van der Waals surface area (Å²) in [7, 11) is 0. The molecule has 104 valence electrons. The van der Waals surface area contributed by atoms with Crippen molar-refractivity contribution < 1.29 is 4.79 Å². The number of thiazole rings is 1. The van der Waals surface area contributed by atoms with Crippen LogP contribution < -0.4 is 0 Å². The van der Waals surface area contributed by atoms with E-state index in [-0.39, 0.29) is 5.78 Å². The molecule has 0 aliphatic carbocycles. The number of nitrogens with zero attached hydrogens (tertiary/aromatic N) is 1. The van der Waals surface area contributed by atoms with Crippen molar-refractivity contribution in [2.45, 2.75) is 13.3 Å². The summed E-state index contributed by atoms with van der Waals surface area (Å²) in [6, 6.07) is 17.7. The SMILES string of the molecule is Cc1cccc(C(=O)Cc2nc(-c3ccccc3)cs2)c1. The standard InChI is InChI=1S/C18H15NOS/c1-13-6-5-9-15(10-13)17(20)11-18-19-16(12-21-18)14-7-3-2-4-8-14/h2-10,12H,11H2,1H3. The van der Waals surface area contributed by atoms with Crippen LogP contribution in [0.5, 0.6) is 0 Å². The Kier molecular flexibility index (Phi) is 3.93. The predicted molar refractivity (Wildman–Crippen MR) is 86.8 cm³/mol. The number of carbonyl (C=O) groups is 1. The van der Waals surface area contributed by atoms with Crippen molar-refractivity contribution in [2.75, 3.05) is 0 Å². The van der Waals surface area contributed by atoms with E-state index < -0.39 is 0 Å². The number of hydrogen-bond donors (Lipinski definition) is 0. The lowest BCUT2D eigenvalue weighted by Crippen LogP contribution is -2.03. The molecule has 3 rings (SSSR count). The Labute approximate surface area is 128 Å². The van der Waals surface area contributed by atoms with Gasteiger partial charge in [0.15, 0.2) is 5.78 Å². The topological polar surface area (TPSA) is 30.0 Å². The number of hydrogen-bond acceptors (Lipinski definition) is 3. The van der Waals surface area contributed by atoms with Crippen molar-refractivity contribution in [1.29, 1.82) is 0 Å². The first kappa shape index (κ1) is 13.7. The number of carbonyl (C=O) groups excluding carboxylic acids is 1. The number of ketones is 1. The van der Waals surface area contributed by atoms with Gasteiger partial charge in [0.25, 0.3) is 0 Å².